The van der Waals surface area contributed by atoms with Gasteiger partial charge in [0.2, 0.25) is 5.91 Å². The Kier molecular flexibility index (Phi) is 3.34. The molecule has 0 spiro atoms. The van der Waals surface area contributed by atoms with Crippen molar-refractivity contribution in [2.45, 2.75) is 6.42 Å². The molecule has 2 amide bonds. The molecule has 1 aromatic rings. The largest absolute Gasteiger partial charge is 0.338 e. The fraction of sp³-hybridized carbons (Fsp3) is 0.364. The monoisotopic (exact) mass is 234 g/mol. The topological polar surface area (TPSA) is 88.3 Å². The first-order chi connectivity index (χ1) is 8.22. The van der Waals surface area contributed by atoms with Crippen molar-refractivity contribution in [1.82, 2.24) is 15.3 Å². The summed E-state index contributed by atoms with van der Waals surface area (Å²) >= 11 is 0. The number of nitrogens with two attached hydrogens (primary N) is 1. The number of hydrazine groups is 1. The number of nitrogens with zero attached hydrogens (tertiary/aromatic N) is 2. The van der Waals surface area contributed by atoms with Gasteiger partial charge in [-0.25, -0.2) is 5.84 Å². The van der Waals surface area contributed by atoms with Gasteiger partial charge in [-0.15, -0.1) is 0 Å². The predicted octanol–water partition coefficient (Wildman–Crippen LogP) is -0.466. The highest BCUT2D eigenvalue weighted by Gasteiger charge is 2.31. The van der Waals surface area contributed by atoms with E-state index in [2.05, 4.69) is 10.4 Å². The minimum atomic E-state index is -0.216. The van der Waals surface area contributed by atoms with Crippen molar-refractivity contribution < 1.29 is 9.59 Å². The van der Waals surface area contributed by atoms with Crippen LogP contribution < -0.4 is 11.3 Å². The molecular weight excluding hydrogens is 220 g/mol. The van der Waals surface area contributed by atoms with E-state index >= 15 is 0 Å². The van der Waals surface area contributed by atoms with Crippen molar-refractivity contribution >= 4 is 11.8 Å². The third kappa shape index (κ3) is 2.42. The maximum atomic E-state index is 12.0. The maximum absolute atomic E-state index is 12.0. The van der Waals surface area contributed by atoms with Gasteiger partial charge in [-0.2, -0.15) is 0 Å². The van der Waals surface area contributed by atoms with Crippen LogP contribution in [0.2, 0.25) is 0 Å². The first-order valence-corrected chi connectivity index (χ1v) is 5.42. The van der Waals surface area contributed by atoms with Crippen LogP contribution in [0.3, 0.4) is 0 Å². The van der Waals surface area contributed by atoms with E-state index in [1.54, 1.807) is 23.2 Å². The number of likely N-dealkylation sites (tertiary alicyclic amines) is 1. The number of rotatable bonds is 2. The van der Waals surface area contributed by atoms with Gasteiger partial charge in [-0.05, 0) is 18.6 Å². The molecule has 0 bridgehead atoms. The van der Waals surface area contributed by atoms with Crippen LogP contribution in [0.25, 0.3) is 0 Å². The van der Waals surface area contributed by atoms with Crippen LogP contribution in [0, 0.1) is 5.92 Å². The molecular formula is C11H14N4O2. The number of hydrogen-bond acceptors (Lipinski definition) is 4. The molecule has 6 heteroatoms. The lowest BCUT2D eigenvalue weighted by Crippen LogP contribution is -2.38. The van der Waals surface area contributed by atoms with Crippen LogP contribution >= 0.6 is 0 Å². The van der Waals surface area contributed by atoms with Gasteiger partial charge in [0, 0.05) is 25.5 Å². The number of aromatic nitrogens is 1. The van der Waals surface area contributed by atoms with E-state index in [1.807, 2.05) is 0 Å². The van der Waals surface area contributed by atoms with Crippen molar-refractivity contribution in [2.24, 2.45) is 11.8 Å². The molecule has 0 aromatic carbocycles. The summed E-state index contributed by atoms with van der Waals surface area (Å²) in [4.78, 5) is 28.9. The van der Waals surface area contributed by atoms with Gasteiger partial charge in [0.25, 0.3) is 5.91 Å². The quantitative estimate of drug-likeness (QED) is 0.411. The predicted molar refractivity (Wildman–Crippen MR) is 60.6 cm³/mol. The minimum absolute atomic E-state index is 0.0922. The smallest absolute Gasteiger partial charge is 0.255 e. The Morgan fingerprint density at radius 2 is 2.35 bits per heavy atom. The van der Waals surface area contributed by atoms with E-state index in [9.17, 15) is 9.59 Å². The summed E-state index contributed by atoms with van der Waals surface area (Å²) in [5.41, 5.74) is 2.66. The first-order valence-electron chi connectivity index (χ1n) is 5.42. The molecule has 0 saturated carbocycles. The highest BCUT2D eigenvalue weighted by Crippen LogP contribution is 2.18. The Bertz CT molecular complexity index is 421. The fourth-order valence-electron chi connectivity index (χ4n) is 1.95. The van der Waals surface area contributed by atoms with Gasteiger partial charge < -0.3 is 4.90 Å². The van der Waals surface area contributed by atoms with Gasteiger partial charge in [0.1, 0.15) is 0 Å². The van der Waals surface area contributed by atoms with Crippen LogP contribution in [0.4, 0.5) is 0 Å². The molecule has 6 nitrogen and oxygen atoms in total. The first kappa shape index (κ1) is 11.5. The zero-order chi connectivity index (χ0) is 12.3. The molecule has 17 heavy (non-hydrogen) atoms. The molecule has 3 N–H and O–H groups in total. The molecule has 0 radical (unpaired) electrons. The molecule has 1 atom stereocenters. The van der Waals surface area contributed by atoms with Crippen LogP contribution in [0.1, 0.15) is 16.8 Å². The standard InChI is InChI=1S/C11H14N4O2/c12-14-10(16)9-3-5-15(7-9)11(17)8-2-1-4-13-6-8/h1-2,4,6,9H,3,5,7,12H2,(H,14,16). The van der Waals surface area contributed by atoms with Gasteiger partial charge in [0.15, 0.2) is 0 Å². The lowest BCUT2D eigenvalue weighted by molar-refractivity contribution is -0.124. The van der Waals surface area contributed by atoms with Crippen LogP contribution in [0.15, 0.2) is 24.5 Å². The molecule has 1 fully saturated rings. The molecule has 1 aliphatic heterocycles. The highest BCUT2D eigenvalue weighted by molar-refractivity contribution is 5.94. The zero-order valence-corrected chi connectivity index (χ0v) is 9.30. The molecule has 0 aliphatic carbocycles. The van der Waals surface area contributed by atoms with E-state index in [0.29, 0.717) is 25.1 Å². The summed E-state index contributed by atoms with van der Waals surface area (Å²) in [6, 6.07) is 3.43. The highest BCUT2D eigenvalue weighted by atomic mass is 16.2. The van der Waals surface area contributed by atoms with Gasteiger partial charge in [0.05, 0.1) is 11.5 Å². The Labute approximate surface area is 98.8 Å². The second kappa shape index (κ2) is 4.92. The van der Waals surface area contributed by atoms with Gasteiger partial charge in [-0.1, -0.05) is 0 Å². The van der Waals surface area contributed by atoms with E-state index in [0.717, 1.165) is 0 Å². The van der Waals surface area contributed by atoms with Crippen molar-refractivity contribution in [2.75, 3.05) is 13.1 Å². The summed E-state index contributed by atoms with van der Waals surface area (Å²) in [5, 5.41) is 0. The number of carbonyl (C=O) groups excluding carboxylic acids is 2. The van der Waals surface area contributed by atoms with E-state index in [-0.39, 0.29) is 17.7 Å². The van der Waals surface area contributed by atoms with Crippen molar-refractivity contribution in [1.29, 1.82) is 0 Å². The maximum Gasteiger partial charge on any atom is 0.255 e. The summed E-state index contributed by atoms with van der Waals surface area (Å²) in [7, 11) is 0. The summed E-state index contributed by atoms with van der Waals surface area (Å²) in [6.45, 7) is 0.989. The molecule has 90 valence electrons. The number of hydrogen-bond donors (Lipinski definition) is 2. The number of amides is 2. The van der Waals surface area contributed by atoms with Gasteiger partial charge >= 0.3 is 0 Å². The van der Waals surface area contributed by atoms with Crippen LogP contribution in [-0.2, 0) is 4.79 Å². The fourth-order valence-corrected chi connectivity index (χ4v) is 1.95. The summed E-state index contributed by atoms with van der Waals surface area (Å²) in [6.07, 6.45) is 3.79. The second-order valence-corrected chi connectivity index (χ2v) is 3.99. The van der Waals surface area contributed by atoms with Crippen LogP contribution in [0.5, 0.6) is 0 Å². The molecule has 1 aliphatic rings. The number of carbonyl (C=O) groups is 2. The average Bonchev–Trinajstić information content (AvgIpc) is 2.87. The van der Waals surface area contributed by atoms with Crippen molar-refractivity contribution in [3.8, 4) is 0 Å². The normalized spacial score (nSPS) is 19.1. The van der Waals surface area contributed by atoms with E-state index in [4.69, 9.17) is 5.84 Å². The van der Waals surface area contributed by atoms with E-state index in [1.165, 1.54) is 6.20 Å². The number of nitrogens with one attached hydrogen (secondary N) is 1. The van der Waals surface area contributed by atoms with E-state index < -0.39 is 0 Å². The van der Waals surface area contributed by atoms with Gasteiger partial charge in [-0.3, -0.25) is 20.0 Å². The van der Waals surface area contributed by atoms with Crippen LogP contribution in [-0.4, -0.2) is 34.8 Å². The number of pyridine rings is 1. The SMILES string of the molecule is NNC(=O)C1CCN(C(=O)c2cccnc2)C1. The Balaban J connectivity index is 2.02. The molecule has 1 aromatic heterocycles. The Hall–Kier alpha value is -1.95. The minimum Gasteiger partial charge on any atom is -0.338 e. The second-order valence-electron chi connectivity index (χ2n) is 3.99. The lowest BCUT2D eigenvalue weighted by atomic mass is 10.1. The molecule has 1 unspecified atom stereocenters. The Morgan fingerprint density at radius 1 is 1.53 bits per heavy atom. The molecule has 1 saturated heterocycles. The molecule has 2 heterocycles. The summed E-state index contributed by atoms with van der Waals surface area (Å²) < 4.78 is 0. The summed E-state index contributed by atoms with van der Waals surface area (Å²) in [5.74, 6) is 4.56. The average molecular weight is 234 g/mol. The van der Waals surface area contributed by atoms with Crippen molar-refractivity contribution in [3.05, 3.63) is 30.1 Å². The third-order valence-electron chi connectivity index (χ3n) is 2.90. The zero-order valence-electron chi connectivity index (χ0n) is 9.30. The third-order valence-corrected chi connectivity index (χ3v) is 2.90. The Morgan fingerprint density at radius 3 is 3.00 bits per heavy atom. The molecule has 2 rings (SSSR count). The lowest BCUT2D eigenvalue weighted by Gasteiger charge is -2.15. The van der Waals surface area contributed by atoms with Crippen molar-refractivity contribution in [3.63, 3.8) is 0 Å².